The van der Waals surface area contributed by atoms with Crippen LogP contribution < -0.4 is 4.74 Å². The van der Waals surface area contributed by atoms with Crippen molar-refractivity contribution in [3.63, 3.8) is 0 Å². The van der Waals surface area contributed by atoms with Gasteiger partial charge in [-0.05, 0) is 49.9 Å². The van der Waals surface area contributed by atoms with E-state index < -0.39 is 0 Å². The van der Waals surface area contributed by atoms with Gasteiger partial charge in [0, 0.05) is 12.2 Å². The number of hydrogen-bond donors (Lipinski definition) is 0. The minimum atomic E-state index is 0.475. The van der Waals surface area contributed by atoms with E-state index in [9.17, 15) is 0 Å². The van der Waals surface area contributed by atoms with Crippen LogP contribution in [-0.2, 0) is 19.6 Å². The fourth-order valence-corrected chi connectivity index (χ4v) is 2.71. The molecule has 19 heavy (non-hydrogen) atoms. The van der Waals surface area contributed by atoms with Crippen LogP contribution >= 0.6 is 11.6 Å². The van der Waals surface area contributed by atoms with Crippen molar-refractivity contribution < 1.29 is 4.74 Å². The molecule has 0 atom stereocenters. The van der Waals surface area contributed by atoms with E-state index in [4.69, 9.17) is 16.3 Å². The Morgan fingerprint density at radius 2 is 2.21 bits per heavy atom. The van der Waals surface area contributed by atoms with E-state index >= 15 is 0 Å². The van der Waals surface area contributed by atoms with Crippen LogP contribution in [0.15, 0.2) is 24.3 Å². The van der Waals surface area contributed by atoms with Gasteiger partial charge in [-0.3, -0.25) is 4.68 Å². The fourth-order valence-electron chi connectivity index (χ4n) is 2.42. The maximum absolute atomic E-state index is 6.15. The summed E-state index contributed by atoms with van der Waals surface area (Å²) in [7, 11) is 0. The highest BCUT2D eigenvalue weighted by Crippen LogP contribution is 2.26. The van der Waals surface area contributed by atoms with Gasteiger partial charge in [-0.15, -0.1) is 0 Å². The number of halogens is 1. The Morgan fingerprint density at radius 1 is 1.32 bits per heavy atom. The predicted octanol–water partition coefficient (Wildman–Crippen LogP) is 3.76. The second kappa shape index (κ2) is 5.25. The molecule has 0 unspecified atom stereocenters. The van der Waals surface area contributed by atoms with E-state index in [0.717, 1.165) is 30.0 Å². The summed E-state index contributed by atoms with van der Waals surface area (Å²) in [6, 6.07) is 7.96. The van der Waals surface area contributed by atoms with Crippen LogP contribution in [0.2, 0.25) is 5.02 Å². The van der Waals surface area contributed by atoms with Gasteiger partial charge in [-0.25, -0.2) is 0 Å². The number of ether oxygens (including phenoxy) is 1. The molecule has 0 aliphatic carbocycles. The second-order valence-corrected chi connectivity index (χ2v) is 5.44. The molecule has 0 saturated heterocycles. The molecule has 1 aliphatic rings. The Labute approximate surface area is 118 Å². The van der Waals surface area contributed by atoms with Crippen molar-refractivity contribution in [1.82, 2.24) is 9.78 Å². The van der Waals surface area contributed by atoms with Crippen LogP contribution in [0.1, 0.15) is 29.8 Å². The Bertz CT molecular complexity index is 568. The van der Waals surface area contributed by atoms with Crippen LogP contribution in [0, 0.1) is 6.92 Å². The van der Waals surface area contributed by atoms with Gasteiger partial charge in [-0.2, -0.15) is 5.10 Å². The first kappa shape index (κ1) is 12.5. The molecule has 2 heterocycles. The number of rotatable bonds is 3. The molecule has 0 N–H and O–H groups in total. The molecule has 0 fully saturated rings. The van der Waals surface area contributed by atoms with E-state index in [0.29, 0.717) is 11.6 Å². The van der Waals surface area contributed by atoms with Crippen LogP contribution in [0.3, 0.4) is 0 Å². The van der Waals surface area contributed by atoms with E-state index in [1.165, 1.54) is 18.5 Å². The summed E-state index contributed by atoms with van der Waals surface area (Å²) in [6.07, 6.45) is 3.60. The summed E-state index contributed by atoms with van der Waals surface area (Å²) in [5.74, 6) is 0.721. The summed E-state index contributed by atoms with van der Waals surface area (Å²) < 4.78 is 7.84. The summed E-state index contributed by atoms with van der Waals surface area (Å²) in [5.41, 5.74) is 3.43. The minimum Gasteiger partial charge on any atom is -0.486 e. The molecule has 0 saturated carbocycles. The van der Waals surface area contributed by atoms with Gasteiger partial charge >= 0.3 is 0 Å². The topological polar surface area (TPSA) is 27.1 Å². The Morgan fingerprint density at radius 3 is 3.00 bits per heavy atom. The molecular formula is C15H17ClN2O. The lowest BCUT2D eigenvalue weighted by Gasteiger charge is -2.11. The quantitative estimate of drug-likeness (QED) is 0.853. The largest absolute Gasteiger partial charge is 0.486 e. The lowest BCUT2D eigenvalue weighted by molar-refractivity contribution is 0.299. The van der Waals surface area contributed by atoms with Crippen LogP contribution in [0.5, 0.6) is 5.75 Å². The molecule has 0 amide bonds. The van der Waals surface area contributed by atoms with Gasteiger partial charge in [0.25, 0.3) is 0 Å². The van der Waals surface area contributed by atoms with Crippen LogP contribution in [-0.4, -0.2) is 9.78 Å². The zero-order valence-corrected chi connectivity index (χ0v) is 11.8. The number of benzene rings is 1. The van der Waals surface area contributed by atoms with Crippen molar-refractivity contribution in [2.24, 2.45) is 0 Å². The third-order valence-corrected chi connectivity index (χ3v) is 3.73. The average Bonchev–Trinajstić information content (AvgIpc) is 2.80. The maximum atomic E-state index is 6.15. The number of nitrogens with zero attached hydrogens (tertiary/aromatic N) is 2. The molecule has 0 bridgehead atoms. The molecule has 3 rings (SSSR count). The normalized spacial score (nSPS) is 14.2. The summed E-state index contributed by atoms with van der Waals surface area (Å²) >= 11 is 6.15. The van der Waals surface area contributed by atoms with E-state index in [1.807, 2.05) is 25.1 Å². The highest BCUT2D eigenvalue weighted by molar-refractivity contribution is 6.32. The summed E-state index contributed by atoms with van der Waals surface area (Å²) in [6.45, 7) is 3.52. The van der Waals surface area contributed by atoms with Crippen molar-refractivity contribution in [2.45, 2.75) is 39.3 Å². The highest BCUT2D eigenvalue weighted by Gasteiger charge is 2.12. The van der Waals surface area contributed by atoms with Crippen molar-refractivity contribution in [3.05, 3.63) is 46.2 Å². The monoisotopic (exact) mass is 276 g/mol. The number of fused-ring (bicyclic) bond motifs is 1. The van der Waals surface area contributed by atoms with Crippen molar-refractivity contribution in [3.8, 4) is 5.75 Å². The van der Waals surface area contributed by atoms with Gasteiger partial charge in [0.2, 0.25) is 0 Å². The van der Waals surface area contributed by atoms with Gasteiger partial charge in [0.1, 0.15) is 18.1 Å². The zero-order chi connectivity index (χ0) is 13.2. The zero-order valence-electron chi connectivity index (χ0n) is 11.0. The molecule has 0 radical (unpaired) electrons. The number of aryl methyl sites for hydroxylation is 3. The maximum Gasteiger partial charge on any atom is 0.138 e. The number of hydrogen-bond acceptors (Lipinski definition) is 2. The standard InChI is InChI=1S/C15H17ClN2O/c1-11-5-6-15(14(16)8-11)19-10-12-9-13-4-2-3-7-18(13)17-12/h5-6,8-9H,2-4,7,10H2,1H3. The molecule has 1 aromatic heterocycles. The highest BCUT2D eigenvalue weighted by atomic mass is 35.5. The van der Waals surface area contributed by atoms with Gasteiger partial charge < -0.3 is 4.74 Å². The molecule has 3 nitrogen and oxygen atoms in total. The summed E-state index contributed by atoms with van der Waals surface area (Å²) in [5, 5.41) is 5.22. The van der Waals surface area contributed by atoms with Gasteiger partial charge in [-0.1, -0.05) is 17.7 Å². The third-order valence-electron chi connectivity index (χ3n) is 3.43. The first-order valence-electron chi connectivity index (χ1n) is 6.67. The fraction of sp³-hybridized carbons (Fsp3) is 0.400. The molecule has 4 heteroatoms. The van der Waals surface area contributed by atoms with Crippen LogP contribution in [0.25, 0.3) is 0 Å². The Kier molecular flexibility index (Phi) is 3.47. The second-order valence-electron chi connectivity index (χ2n) is 5.03. The lowest BCUT2D eigenvalue weighted by Crippen LogP contribution is -2.10. The SMILES string of the molecule is Cc1ccc(OCc2cc3n(n2)CCCC3)c(Cl)c1. The third kappa shape index (κ3) is 2.76. The first-order valence-corrected chi connectivity index (χ1v) is 7.05. The van der Waals surface area contributed by atoms with Crippen LogP contribution in [0.4, 0.5) is 0 Å². The molecule has 1 aliphatic heterocycles. The van der Waals surface area contributed by atoms with Crippen molar-refractivity contribution >= 4 is 11.6 Å². The lowest BCUT2D eigenvalue weighted by atomic mass is 10.1. The Balaban J connectivity index is 1.70. The van der Waals surface area contributed by atoms with E-state index in [-0.39, 0.29) is 0 Å². The molecule has 2 aromatic rings. The molecule has 100 valence electrons. The molecule has 0 spiro atoms. The molecule has 1 aromatic carbocycles. The average molecular weight is 277 g/mol. The van der Waals surface area contributed by atoms with Crippen molar-refractivity contribution in [2.75, 3.05) is 0 Å². The first-order chi connectivity index (χ1) is 9.22. The van der Waals surface area contributed by atoms with Crippen molar-refractivity contribution in [1.29, 1.82) is 0 Å². The van der Waals surface area contributed by atoms with E-state index in [1.54, 1.807) is 0 Å². The van der Waals surface area contributed by atoms with E-state index in [2.05, 4.69) is 15.8 Å². The Hall–Kier alpha value is -1.48. The smallest absolute Gasteiger partial charge is 0.138 e. The summed E-state index contributed by atoms with van der Waals surface area (Å²) in [4.78, 5) is 0. The minimum absolute atomic E-state index is 0.475. The van der Waals surface area contributed by atoms with Gasteiger partial charge in [0.05, 0.1) is 5.02 Å². The predicted molar refractivity (Wildman–Crippen MR) is 75.7 cm³/mol. The van der Waals surface area contributed by atoms with Gasteiger partial charge in [0.15, 0.2) is 0 Å². The number of aromatic nitrogens is 2. The molecular weight excluding hydrogens is 260 g/mol.